The first-order chi connectivity index (χ1) is 13.9. The summed E-state index contributed by atoms with van der Waals surface area (Å²) in [5.41, 5.74) is 0.681. The maximum Gasteiger partial charge on any atom is 0.436 e. The Kier molecular flexibility index (Phi) is 5.53. The largest absolute Gasteiger partial charge is 0.493 e. The molecule has 30 heavy (non-hydrogen) atoms. The number of nitrogens with one attached hydrogen (secondary N) is 1. The topological polar surface area (TPSA) is 82.2 Å². The van der Waals surface area contributed by atoms with Crippen LogP contribution in [-0.4, -0.2) is 27.7 Å². The third-order valence-electron chi connectivity index (χ3n) is 4.39. The third kappa shape index (κ3) is 4.74. The molecule has 0 unspecified atom stereocenters. The zero-order chi connectivity index (χ0) is 22.3. The van der Waals surface area contributed by atoms with Gasteiger partial charge in [0.25, 0.3) is 0 Å². The Bertz CT molecular complexity index is 1080. The molecule has 3 heterocycles. The number of hydrogen-bond acceptors (Lipinski definition) is 5. The van der Waals surface area contributed by atoms with Crippen molar-refractivity contribution in [1.29, 1.82) is 0 Å². The van der Waals surface area contributed by atoms with E-state index in [0.29, 0.717) is 23.2 Å². The smallest absolute Gasteiger partial charge is 0.436 e. The lowest BCUT2D eigenvalue weighted by Crippen LogP contribution is -2.20. The van der Waals surface area contributed by atoms with E-state index < -0.39 is 11.9 Å². The molecule has 0 fully saturated rings. The molecule has 1 amide bonds. The first-order valence-corrected chi connectivity index (χ1v) is 9.25. The van der Waals surface area contributed by atoms with Gasteiger partial charge in [-0.15, -0.1) is 0 Å². The van der Waals surface area contributed by atoms with Crippen molar-refractivity contribution in [1.82, 2.24) is 14.7 Å². The highest BCUT2D eigenvalue weighted by molar-refractivity contribution is 5.93. The molecule has 0 radical (unpaired) electrons. The Morgan fingerprint density at radius 3 is 2.50 bits per heavy atom. The fourth-order valence-electron chi connectivity index (χ4n) is 3.08. The van der Waals surface area contributed by atoms with Gasteiger partial charge in [-0.3, -0.25) is 4.79 Å². The molecule has 162 valence electrons. The average molecular weight is 424 g/mol. The molecule has 0 saturated heterocycles. The summed E-state index contributed by atoms with van der Waals surface area (Å²) in [7, 11) is 1.45. The first kappa shape index (κ1) is 21.7. The van der Waals surface area contributed by atoms with Gasteiger partial charge in [0.2, 0.25) is 5.91 Å². The van der Waals surface area contributed by atoms with Gasteiger partial charge in [0.1, 0.15) is 0 Å². The lowest BCUT2D eigenvalue weighted by atomic mass is 9.92. The van der Waals surface area contributed by atoms with Crippen molar-refractivity contribution in [2.75, 3.05) is 12.4 Å². The van der Waals surface area contributed by atoms with Crippen molar-refractivity contribution in [2.24, 2.45) is 5.41 Å². The summed E-state index contributed by atoms with van der Waals surface area (Å²) in [5.74, 6) is 0.502. The zero-order valence-electron chi connectivity index (χ0n) is 17.3. The lowest BCUT2D eigenvalue weighted by molar-refractivity contribution is -0.142. The van der Waals surface area contributed by atoms with E-state index in [0.717, 1.165) is 11.8 Å². The molecule has 3 aromatic heterocycles. The fourth-order valence-corrected chi connectivity index (χ4v) is 3.08. The summed E-state index contributed by atoms with van der Waals surface area (Å²) in [6.45, 7) is 7.71. The number of aryl methyl sites for hydroxylation is 1. The number of carbonyl (C=O) groups excluding carboxylic acids is 1. The van der Waals surface area contributed by atoms with Gasteiger partial charge in [0.15, 0.2) is 23.0 Å². The number of hydrogen-bond donors (Lipinski definition) is 1. The molecule has 7 nitrogen and oxygen atoms in total. The predicted octanol–water partition coefficient (Wildman–Crippen LogP) is 4.78. The summed E-state index contributed by atoms with van der Waals surface area (Å²) in [4.78, 5) is 16.8. The van der Waals surface area contributed by atoms with Crippen LogP contribution in [0.15, 0.2) is 22.7 Å². The molecule has 0 bridgehead atoms. The molecule has 0 aromatic carbocycles. The molecule has 0 aliphatic rings. The quantitative estimate of drug-likeness (QED) is 0.637. The van der Waals surface area contributed by atoms with Crippen LogP contribution in [0.4, 0.5) is 19.0 Å². The molecule has 10 heteroatoms. The van der Waals surface area contributed by atoms with E-state index >= 15 is 0 Å². The Morgan fingerprint density at radius 1 is 1.23 bits per heavy atom. The van der Waals surface area contributed by atoms with Crippen molar-refractivity contribution in [2.45, 2.75) is 46.8 Å². The van der Waals surface area contributed by atoms with Crippen molar-refractivity contribution < 1.29 is 27.2 Å². The van der Waals surface area contributed by atoms with E-state index in [-0.39, 0.29) is 29.4 Å². The Labute approximate surface area is 171 Å². The molecule has 3 rings (SSSR count). The minimum Gasteiger partial charge on any atom is -0.493 e. The van der Waals surface area contributed by atoms with E-state index in [9.17, 15) is 18.0 Å². The Morgan fingerprint density at radius 2 is 1.93 bits per heavy atom. The van der Waals surface area contributed by atoms with Crippen LogP contribution < -0.4 is 10.1 Å². The van der Waals surface area contributed by atoms with Crippen LogP contribution in [0, 0.1) is 12.3 Å². The number of rotatable bonds is 5. The van der Waals surface area contributed by atoms with Crippen LogP contribution >= 0.6 is 0 Å². The molecular formula is C20H23F3N4O3. The normalized spacial score (nSPS) is 12.4. The molecule has 3 aromatic rings. The minimum absolute atomic E-state index is 0.0407. The lowest BCUT2D eigenvalue weighted by Gasteiger charge is -2.18. The third-order valence-corrected chi connectivity index (χ3v) is 4.39. The highest BCUT2D eigenvalue weighted by Crippen LogP contribution is 2.32. The number of alkyl halides is 3. The number of pyridine rings is 1. The number of nitrogens with zero attached hydrogens (tertiary/aromatic N) is 3. The summed E-state index contributed by atoms with van der Waals surface area (Å²) in [5, 5.41) is 5.86. The van der Waals surface area contributed by atoms with Gasteiger partial charge >= 0.3 is 6.18 Å². The molecule has 0 aliphatic carbocycles. The Balaban J connectivity index is 1.93. The number of aromatic nitrogens is 3. The number of anilines is 1. The summed E-state index contributed by atoms with van der Waals surface area (Å²) in [6.07, 6.45) is -4.26. The van der Waals surface area contributed by atoms with Crippen LogP contribution in [0.1, 0.15) is 44.3 Å². The van der Waals surface area contributed by atoms with Gasteiger partial charge < -0.3 is 19.1 Å². The SMILES string of the molecule is COc1cc2c(cc(C)n2Cc2cc(C(F)(F)F)no2)nc1NC(=O)CC(C)(C)C. The minimum atomic E-state index is -4.57. The van der Waals surface area contributed by atoms with Crippen LogP contribution in [0.3, 0.4) is 0 Å². The van der Waals surface area contributed by atoms with E-state index in [4.69, 9.17) is 9.26 Å². The van der Waals surface area contributed by atoms with Crippen LogP contribution in [0.5, 0.6) is 5.75 Å². The van der Waals surface area contributed by atoms with E-state index in [1.165, 1.54) is 7.11 Å². The van der Waals surface area contributed by atoms with Crippen LogP contribution in [-0.2, 0) is 17.5 Å². The standard InChI is InChI=1S/C20H23F3N4O3/c1-11-6-13-14(27(11)10-12-7-16(26-30-12)20(21,22)23)8-15(29-5)18(24-13)25-17(28)9-19(2,3)4/h6-8H,9-10H2,1-5H3,(H,24,25,28). The summed E-state index contributed by atoms with van der Waals surface area (Å²) in [6, 6.07) is 4.33. The van der Waals surface area contributed by atoms with Gasteiger partial charge in [0, 0.05) is 24.2 Å². The number of halogens is 3. The van der Waals surface area contributed by atoms with Gasteiger partial charge in [-0.05, 0) is 18.4 Å². The maximum atomic E-state index is 12.8. The average Bonchev–Trinajstić information content (AvgIpc) is 3.18. The van der Waals surface area contributed by atoms with Gasteiger partial charge in [-0.2, -0.15) is 13.2 Å². The van der Waals surface area contributed by atoms with E-state index in [1.54, 1.807) is 23.6 Å². The second kappa shape index (κ2) is 7.66. The molecule has 0 saturated carbocycles. The van der Waals surface area contributed by atoms with Crippen molar-refractivity contribution in [3.05, 3.63) is 35.3 Å². The van der Waals surface area contributed by atoms with Crippen molar-refractivity contribution in [3.63, 3.8) is 0 Å². The second-order valence-corrected chi connectivity index (χ2v) is 8.28. The number of ether oxygens (including phenoxy) is 1. The number of methoxy groups -OCH3 is 1. The van der Waals surface area contributed by atoms with Crippen molar-refractivity contribution >= 4 is 22.8 Å². The monoisotopic (exact) mass is 424 g/mol. The van der Waals surface area contributed by atoms with Gasteiger partial charge in [0.05, 0.1) is 24.7 Å². The maximum absolute atomic E-state index is 12.8. The summed E-state index contributed by atoms with van der Waals surface area (Å²) >= 11 is 0. The van der Waals surface area contributed by atoms with Gasteiger partial charge in [-0.25, -0.2) is 4.98 Å². The highest BCUT2D eigenvalue weighted by Gasteiger charge is 2.35. The van der Waals surface area contributed by atoms with Crippen LogP contribution in [0.2, 0.25) is 0 Å². The van der Waals surface area contributed by atoms with Crippen molar-refractivity contribution in [3.8, 4) is 5.75 Å². The predicted molar refractivity (Wildman–Crippen MR) is 104 cm³/mol. The molecule has 0 atom stereocenters. The van der Waals surface area contributed by atoms with E-state index in [2.05, 4.69) is 15.5 Å². The van der Waals surface area contributed by atoms with Crippen LogP contribution in [0.25, 0.3) is 11.0 Å². The second-order valence-electron chi connectivity index (χ2n) is 8.28. The number of carbonyl (C=O) groups is 1. The molecule has 0 aliphatic heterocycles. The van der Waals surface area contributed by atoms with E-state index in [1.807, 2.05) is 20.8 Å². The summed E-state index contributed by atoms with van der Waals surface area (Å²) < 4.78 is 50.3. The number of fused-ring (bicyclic) bond motifs is 1. The first-order valence-electron chi connectivity index (χ1n) is 9.25. The molecule has 1 N–H and O–H groups in total. The van der Waals surface area contributed by atoms with Gasteiger partial charge in [-0.1, -0.05) is 25.9 Å². The fraction of sp³-hybridized carbons (Fsp3) is 0.450. The number of amides is 1. The highest BCUT2D eigenvalue weighted by atomic mass is 19.4. The molecule has 0 spiro atoms. The zero-order valence-corrected chi connectivity index (χ0v) is 17.3. The Hall–Kier alpha value is -3.04. The molecular weight excluding hydrogens is 401 g/mol.